The van der Waals surface area contributed by atoms with Crippen molar-refractivity contribution in [3.63, 3.8) is 0 Å². The zero-order chi connectivity index (χ0) is 13.8. The van der Waals surface area contributed by atoms with E-state index in [1.54, 1.807) is 24.3 Å². The molecule has 0 unspecified atom stereocenters. The molecule has 6 heteroatoms. The predicted octanol–water partition coefficient (Wildman–Crippen LogP) is 4.34. The SMILES string of the molecule is O=C(Nc1cc(F)ccc1F)Oc1ccc(Br)cc1. The molecule has 0 saturated heterocycles. The van der Waals surface area contributed by atoms with Gasteiger partial charge in [0.05, 0.1) is 5.69 Å². The molecule has 0 fully saturated rings. The van der Waals surface area contributed by atoms with Crippen LogP contribution in [0.5, 0.6) is 5.75 Å². The van der Waals surface area contributed by atoms with Gasteiger partial charge < -0.3 is 4.74 Å². The molecule has 0 saturated carbocycles. The van der Waals surface area contributed by atoms with E-state index in [1.807, 2.05) is 0 Å². The summed E-state index contributed by atoms with van der Waals surface area (Å²) < 4.78 is 31.9. The third-order valence-corrected chi connectivity index (χ3v) is 2.72. The largest absolute Gasteiger partial charge is 0.417 e. The summed E-state index contributed by atoms with van der Waals surface area (Å²) in [4.78, 5) is 11.5. The Morgan fingerprint density at radius 2 is 1.79 bits per heavy atom. The average Bonchev–Trinajstić information content (AvgIpc) is 2.37. The standard InChI is InChI=1S/C13H8BrF2NO2/c14-8-1-4-10(5-2-8)19-13(18)17-12-7-9(15)3-6-11(12)16/h1-7H,(H,17,18). The van der Waals surface area contributed by atoms with E-state index in [9.17, 15) is 13.6 Å². The van der Waals surface area contributed by atoms with Gasteiger partial charge in [0.25, 0.3) is 0 Å². The minimum absolute atomic E-state index is 0.276. The Labute approximate surface area is 116 Å². The lowest BCUT2D eigenvalue weighted by molar-refractivity contribution is 0.215. The van der Waals surface area contributed by atoms with Gasteiger partial charge in [-0.2, -0.15) is 0 Å². The van der Waals surface area contributed by atoms with Gasteiger partial charge in [-0.1, -0.05) is 15.9 Å². The number of halogens is 3. The number of rotatable bonds is 2. The summed E-state index contributed by atoms with van der Waals surface area (Å²) in [5.41, 5.74) is -0.276. The van der Waals surface area contributed by atoms with Crippen LogP contribution >= 0.6 is 15.9 Å². The molecule has 0 aliphatic carbocycles. The highest BCUT2D eigenvalue weighted by Gasteiger charge is 2.09. The predicted molar refractivity (Wildman–Crippen MR) is 70.1 cm³/mol. The Bertz CT molecular complexity index is 602. The minimum Gasteiger partial charge on any atom is -0.410 e. The third kappa shape index (κ3) is 3.75. The summed E-state index contributed by atoms with van der Waals surface area (Å²) >= 11 is 3.24. The smallest absolute Gasteiger partial charge is 0.410 e. The van der Waals surface area contributed by atoms with Gasteiger partial charge in [0.1, 0.15) is 17.4 Å². The summed E-state index contributed by atoms with van der Waals surface area (Å²) in [6, 6.07) is 9.25. The Hall–Kier alpha value is -1.95. The van der Waals surface area contributed by atoms with E-state index < -0.39 is 17.7 Å². The fourth-order valence-electron chi connectivity index (χ4n) is 1.34. The molecule has 2 rings (SSSR count). The number of nitrogens with one attached hydrogen (secondary N) is 1. The first kappa shape index (κ1) is 13.5. The maximum absolute atomic E-state index is 13.3. The Kier molecular flexibility index (Phi) is 4.11. The van der Waals surface area contributed by atoms with E-state index in [-0.39, 0.29) is 11.4 Å². The summed E-state index contributed by atoms with van der Waals surface area (Å²) in [6.07, 6.45) is -0.896. The van der Waals surface area contributed by atoms with Gasteiger partial charge in [0.2, 0.25) is 0 Å². The number of carbonyl (C=O) groups is 1. The number of ether oxygens (including phenoxy) is 1. The van der Waals surface area contributed by atoms with Crippen molar-refractivity contribution >= 4 is 27.7 Å². The highest BCUT2D eigenvalue weighted by atomic mass is 79.9. The number of hydrogen-bond donors (Lipinski definition) is 1. The number of benzene rings is 2. The number of amides is 1. The van der Waals surface area contributed by atoms with Crippen LogP contribution in [0.2, 0.25) is 0 Å². The summed E-state index contributed by atoms with van der Waals surface area (Å²) in [5, 5.41) is 2.13. The van der Waals surface area contributed by atoms with Crippen molar-refractivity contribution in [1.82, 2.24) is 0 Å². The molecule has 0 aliphatic heterocycles. The molecule has 3 nitrogen and oxygen atoms in total. The maximum Gasteiger partial charge on any atom is 0.417 e. The lowest BCUT2D eigenvalue weighted by Crippen LogP contribution is -2.17. The molecule has 2 aromatic carbocycles. The molecular formula is C13H8BrF2NO2. The van der Waals surface area contributed by atoms with E-state index in [0.717, 1.165) is 22.7 Å². The molecule has 0 heterocycles. The zero-order valence-corrected chi connectivity index (χ0v) is 11.1. The van der Waals surface area contributed by atoms with Crippen LogP contribution in [0.15, 0.2) is 46.9 Å². The lowest BCUT2D eigenvalue weighted by atomic mass is 10.3. The van der Waals surface area contributed by atoms with Crippen molar-refractivity contribution in [1.29, 1.82) is 0 Å². The molecule has 1 amide bonds. The van der Waals surface area contributed by atoms with Gasteiger partial charge in [0.15, 0.2) is 0 Å². The molecule has 0 atom stereocenters. The summed E-state index contributed by atoms with van der Waals surface area (Å²) in [7, 11) is 0. The van der Waals surface area contributed by atoms with Crippen LogP contribution < -0.4 is 10.1 Å². The van der Waals surface area contributed by atoms with Gasteiger partial charge in [-0.05, 0) is 36.4 Å². The number of anilines is 1. The first-order valence-corrected chi connectivity index (χ1v) is 6.03. The molecule has 1 N–H and O–H groups in total. The molecule has 0 aliphatic rings. The van der Waals surface area contributed by atoms with Crippen LogP contribution in [0.3, 0.4) is 0 Å². The van der Waals surface area contributed by atoms with Crippen molar-refractivity contribution in [2.24, 2.45) is 0 Å². The molecular weight excluding hydrogens is 320 g/mol. The molecule has 19 heavy (non-hydrogen) atoms. The Morgan fingerprint density at radius 1 is 1.11 bits per heavy atom. The van der Waals surface area contributed by atoms with Crippen LogP contribution in [0, 0.1) is 11.6 Å². The van der Waals surface area contributed by atoms with E-state index >= 15 is 0 Å². The third-order valence-electron chi connectivity index (χ3n) is 2.19. The lowest BCUT2D eigenvalue weighted by Gasteiger charge is -2.07. The van der Waals surface area contributed by atoms with Gasteiger partial charge in [-0.15, -0.1) is 0 Å². The van der Waals surface area contributed by atoms with Crippen molar-refractivity contribution in [3.05, 3.63) is 58.6 Å². The number of carbonyl (C=O) groups excluding carboxylic acids is 1. The van der Waals surface area contributed by atoms with E-state index in [4.69, 9.17) is 4.74 Å². The van der Waals surface area contributed by atoms with Crippen LogP contribution in [-0.4, -0.2) is 6.09 Å². The van der Waals surface area contributed by atoms with Crippen LogP contribution in [0.25, 0.3) is 0 Å². The Balaban J connectivity index is 2.05. The monoisotopic (exact) mass is 327 g/mol. The second-order valence-electron chi connectivity index (χ2n) is 3.59. The molecule has 0 bridgehead atoms. The van der Waals surface area contributed by atoms with Crippen molar-refractivity contribution < 1.29 is 18.3 Å². The van der Waals surface area contributed by atoms with Gasteiger partial charge in [0, 0.05) is 10.5 Å². The Morgan fingerprint density at radius 3 is 2.47 bits per heavy atom. The fourth-order valence-corrected chi connectivity index (χ4v) is 1.60. The molecule has 0 spiro atoms. The van der Waals surface area contributed by atoms with E-state index in [0.29, 0.717) is 0 Å². The van der Waals surface area contributed by atoms with Crippen molar-refractivity contribution in [2.45, 2.75) is 0 Å². The molecule has 98 valence electrons. The normalized spacial score (nSPS) is 10.1. The average molecular weight is 328 g/mol. The minimum atomic E-state index is -0.896. The molecule has 2 aromatic rings. The first-order valence-electron chi connectivity index (χ1n) is 5.24. The van der Waals surface area contributed by atoms with Crippen LogP contribution in [0.4, 0.5) is 19.3 Å². The quantitative estimate of drug-likeness (QED) is 0.891. The topological polar surface area (TPSA) is 38.3 Å². The number of hydrogen-bond acceptors (Lipinski definition) is 2. The van der Waals surface area contributed by atoms with Gasteiger partial charge >= 0.3 is 6.09 Å². The summed E-state index contributed by atoms with van der Waals surface area (Å²) in [6.45, 7) is 0. The summed E-state index contributed by atoms with van der Waals surface area (Å²) in [5.74, 6) is -1.10. The highest BCUT2D eigenvalue weighted by Crippen LogP contribution is 2.18. The highest BCUT2D eigenvalue weighted by molar-refractivity contribution is 9.10. The fraction of sp³-hybridized carbons (Fsp3) is 0. The maximum atomic E-state index is 13.3. The van der Waals surface area contributed by atoms with Gasteiger partial charge in [-0.25, -0.2) is 13.6 Å². The second-order valence-corrected chi connectivity index (χ2v) is 4.51. The van der Waals surface area contributed by atoms with Crippen LogP contribution in [-0.2, 0) is 0 Å². The van der Waals surface area contributed by atoms with Gasteiger partial charge in [-0.3, -0.25) is 5.32 Å². The van der Waals surface area contributed by atoms with Crippen molar-refractivity contribution in [2.75, 3.05) is 5.32 Å². The zero-order valence-electron chi connectivity index (χ0n) is 9.49. The van der Waals surface area contributed by atoms with E-state index in [2.05, 4.69) is 21.2 Å². The van der Waals surface area contributed by atoms with Crippen molar-refractivity contribution in [3.8, 4) is 5.75 Å². The first-order chi connectivity index (χ1) is 9.04. The molecule has 0 radical (unpaired) electrons. The van der Waals surface area contributed by atoms with Crippen LogP contribution in [0.1, 0.15) is 0 Å². The second kappa shape index (κ2) is 5.79. The molecule has 0 aromatic heterocycles. The van der Waals surface area contributed by atoms with E-state index in [1.165, 1.54) is 0 Å².